The van der Waals surface area contributed by atoms with Crippen LogP contribution in [0.4, 0.5) is 8.78 Å². The molecule has 0 atom stereocenters. The van der Waals surface area contributed by atoms with Gasteiger partial charge >= 0.3 is 0 Å². The number of halogens is 2. The summed E-state index contributed by atoms with van der Waals surface area (Å²) in [5, 5.41) is 1.11. The molecule has 0 aliphatic carbocycles. The predicted octanol–water partition coefficient (Wildman–Crippen LogP) is 6.36. The first-order chi connectivity index (χ1) is 14.2. The molecule has 0 aliphatic heterocycles. The van der Waals surface area contributed by atoms with E-state index < -0.39 is 0 Å². The van der Waals surface area contributed by atoms with Crippen molar-refractivity contribution < 1.29 is 13.2 Å². The minimum Gasteiger partial charge on any atom is -0.440 e. The molecule has 0 unspecified atom stereocenters. The van der Waals surface area contributed by atoms with Crippen molar-refractivity contribution >= 4 is 10.9 Å². The fraction of sp³-hybridized carbons (Fsp3) is 0.0417. The minimum absolute atomic E-state index is 0.320. The van der Waals surface area contributed by atoms with E-state index in [0.717, 1.165) is 22.0 Å². The monoisotopic (exact) mass is 386 g/mol. The van der Waals surface area contributed by atoms with E-state index >= 15 is 0 Å². The average Bonchev–Trinajstić information content (AvgIpc) is 3.34. The van der Waals surface area contributed by atoms with Gasteiger partial charge in [-0.05, 0) is 60.2 Å². The number of para-hydroxylation sites is 1. The van der Waals surface area contributed by atoms with E-state index in [1.165, 1.54) is 24.3 Å². The summed E-state index contributed by atoms with van der Waals surface area (Å²) in [6.07, 6.45) is 2.45. The maximum absolute atomic E-state index is 13.4. The summed E-state index contributed by atoms with van der Waals surface area (Å²) in [5.74, 6) is 0.426. The molecule has 0 aliphatic rings. The van der Waals surface area contributed by atoms with Gasteiger partial charge in [0.25, 0.3) is 0 Å². The Morgan fingerprint density at radius 3 is 2.17 bits per heavy atom. The number of nitrogens with zero attached hydrogens (tertiary/aromatic N) is 1. The Labute approximate surface area is 165 Å². The predicted molar refractivity (Wildman–Crippen MR) is 108 cm³/mol. The smallest absolute Gasteiger partial charge is 0.200 e. The van der Waals surface area contributed by atoms with Crippen LogP contribution in [-0.2, 0) is 6.42 Å². The molecule has 0 saturated carbocycles. The van der Waals surface area contributed by atoms with Gasteiger partial charge in [0.05, 0.1) is 6.42 Å². The van der Waals surface area contributed by atoms with Gasteiger partial charge in [-0.2, -0.15) is 0 Å². The second-order valence-corrected chi connectivity index (χ2v) is 6.84. The fourth-order valence-electron chi connectivity index (χ4n) is 3.48. The highest BCUT2D eigenvalue weighted by molar-refractivity contribution is 5.83. The molecule has 142 valence electrons. The lowest BCUT2D eigenvalue weighted by molar-refractivity contribution is 0.519. The second kappa shape index (κ2) is 7.02. The van der Waals surface area contributed by atoms with Crippen LogP contribution in [0.2, 0.25) is 0 Å². The van der Waals surface area contributed by atoms with E-state index in [-0.39, 0.29) is 11.6 Å². The lowest BCUT2D eigenvalue weighted by Crippen LogP contribution is -1.87. The Morgan fingerprint density at radius 2 is 1.45 bits per heavy atom. The number of H-pyrrole nitrogens is 1. The molecule has 3 aromatic carbocycles. The van der Waals surface area contributed by atoms with Crippen LogP contribution in [-0.4, -0.2) is 9.97 Å². The van der Waals surface area contributed by atoms with Crippen LogP contribution in [0.5, 0.6) is 0 Å². The lowest BCUT2D eigenvalue weighted by Gasteiger charge is -2.01. The second-order valence-electron chi connectivity index (χ2n) is 6.84. The molecule has 5 rings (SSSR count). The maximum Gasteiger partial charge on any atom is 0.200 e. The molecule has 5 aromatic rings. The first-order valence-corrected chi connectivity index (χ1v) is 9.24. The largest absolute Gasteiger partial charge is 0.440 e. The van der Waals surface area contributed by atoms with Gasteiger partial charge in [-0.15, -0.1) is 0 Å². The number of oxazole rings is 1. The molecular formula is C24H16F2N2O. The zero-order valence-electron chi connectivity index (χ0n) is 15.3. The topological polar surface area (TPSA) is 41.8 Å². The van der Waals surface area contributed by atoms with E-state index in [2.05, 4.69) is 4.98 Å². The summed E-state index contributed by atoms with van der Waals surface area (Å²) in [4.78, 5) is 7.95. The first kappa shape index (κ1) is 17.4. The number of hydrogen-bond donors (Lipinski definition) is 1. The van der Waals surface area contributed by atoms with Crippen molar-refractivity contribution in [3.05, 3.63) is 102 Å². The lowest BCUT2D eigenvalue weighted by atomic mass is 10.1. The summed E-state index contributed by atoms with van der Waals surface area (Å²) < 4.78 is 32.9. The summed E-state index contributed by atoms with van der Waals surface area (Å²) in [7, 11) is 0. The Morgan fingerprint density at radius 1 is 0.793 bits per heavy atom. The maximum atomic E-state index is 13.4. The van der Waals surface area contributed by atoms with Crippen molar-refractivity contribution in [1.82, 2.24) is 9.97 Å². The van der Waals surface area contributed by atoms with Crippen molar-refractivity contribution in [2.75, 3.05) is 0 Å². The fourth-order valence-corrected chi connectivity index (χ4v) is 3.48. The van der Waals surface area contributed by atoms with Crippen molar-refractivity contribution in [2.24, 2.45) is 0 Å². The molecule has 5 heteroatoms. The number of aromatic amines is 1. The third kappa shape index (κ3) is 3.31. The quantitative estimate of drug-likeness (QED) is 0.390. The van der Waals surface area contributed by atoms with E-state index in [4.69, 9.17) is 9.40 Å². The van der Waals surface area contributed by atoms with Crippen LogP contribution in [0, 0.1) is 11.6 Å². The summed E-state index contributed by atoms with van der Waals surface area (Å²) in [5.41, 5.74) is 4.17. The van der Waals surface area contributed by atoms with Crippen molar-refractivity contribution in [3.63, 3.8) is 0 Å². The highest BCUT2D eigenvalue weighted by Crippen LogP contribution is 2.34. The van der Waals surface area contributed by atoms with Gasteiger partial charge in [0.15, 0.2) is 11.7 Å². The normalized spacial score (nSPS) is 11.2. The molecule has 2 aromatic heterocycles. The Bertz CT molecular complexity index is 1220. The van der Waals surface area contributed by atoms with E-state index in [1.807, 2.05) is 30.5 Å². The third-order valence-electron chi connectivity index (χ3n) is 4.91. The van der Waals surface area contributed by atoms with E-state index in [1.54, 1.807) is 24.3 Å². The number of benzene rings is 3. The highest BCUT2D eigenvalue weighted by Gasteiger charge is 2.18. The molecule has 29 heavy (non-hydrogen) atoms. The van der Waals surface area contributed by atoms with Crippen LogP contribution < -0.4 is 0 Å². The number of hydrogen-bond acceptors (Lipinski definition) is 2. The van der Waals surface area contributed by atoms with E-state index in [9.17, 15) is 8.78 Å². The molecule has 0 spiro atoms. The number of rotatable bonds is 4. The SMILES string of the molecule is Fc1ccc(-c2nc(Cc3c[nH]c4ccccc34)oc2-c2ccc(F)cc2)cc1. The Hall–Kier alpha value is -3.73. The Kier molecular flexibility index (Phi) is 4.21. The summed E-state index contributed by atoms with van der Waals surface area (Å²) in [6.45, 7) is 0. The molecule has 3 nitrogen and oxygen atoms in total. The van der Waals surface area contributed by atoms with Crippen molar-refractivity contribution in [1.29, 1.82) is 0 Å². The van der Waals surface area contributed by atoms with Crippen LogP contribution in [0.1, 0.15) is 11.5 Å². The zero-order valence-corrected chi connectivity index (χ0v) is 15.3. The number of nitrogens with one attached hydrogen (secondary N) is 1. The van der Waals surface area contributed by atoms with Gasteiger partial charge in [0, 0.05) is 28.2 Å². The van der Waals surface area contributed by atoms with Gasteiger partial charge in [0.1, 0.15) is 17.3 Å². The molecule has 1 N–H and O–H groups in total. The van der Waals surface area contributed by atoms with Gasteiger partial charge in [0.2, 0.25) is 0 Å². The average molecular weight is 386 g/mol. The third-order valence-corrected chi connectivity index (χ3v) is 4.91. The van der Waals surface area contributed by atoms with Crippen LogP contribution in [0.3, 0.4) is 0 Å². The van der Waals surface area contributed by atoms with Gasteiger partial charge in [-0.1, -0.05) is 18.2 Å². The van der Waals surface area contributed by atoms with Gasteiger partial charge in [-0.3, -0.25) is 0 Å². The summed E-state index contributed by atoms with van der Waals surface area (Å²) in [6, 6.07) is 20.2. The van der Waals surface area contributed by atoms with Gasteiger partial charge in [-0.25, -0.2) is 13.8 Å². The van der Waals surface area contributed by atoms with Gasteiger partial charge < -0.3 is 9.40 Å². The molecule has 0 saturated heterocycles. The number of fused-ring (bicyclic) bond motifs is 1. The zero-order chi connectivity index (χ0) is 19.8. The summed E-state index contributed by atoms with van der Waals surface area (Å²) >= 11 is 0. The van der Waals surface area contributed by atoms with Crippen LogP contribution in [0.25, 0.3) is 33.5 Å². The highest BCUT2D eigenvalue weighted by atomic mass is 19.1. The standard InChI is InChI=1S/C24H16F2N2O/c25-18-9-5-15(6-10-18)23-24(16-7-11-19(26)12-8-16)29-22(28-23)13-17-14-27-21-4-2-1-3-20(17)21/h1-12,14,27H,13H2. The molecule has 0 radical (unpaired) electrons. The van der Waals surface area contributed by atoms with Crippen molar-refractivity contribution in [3.8, 4) is 22.6 Å². The van der Waals surface area contributed by atoms with Crippen LogP contribution in [0.15, 0.2) is 83.4 Å². The first-order valence-electron chi connectivity index (χ1n) is 9.24. The molecular weight excluding hydrogens is 370 g/mol. The molecule has 0 bridgehead atoms. The number of aromatic nitrogens is 2. The van der Waals surface area contributed by atoms with Crippen LogP contribution >= 0.6 is 0 Å². The molecule has 0 amide bonds. The van der Waals surface area contributed by atoms with E-state index in [0.29, 0.717) is 29.3 Å². The minimum atomic E-state index is -0.324. The Balaban J connectivity index is 1.60. The molecule has 2 heterocycles. The van der Waals surface area contributed by atoms with Crippen molar-refractivity contribution in [2.45, 2.75) is 6.42 Å². The molecule has 0 fully saturated rings.